The highest BCUT2D eigenvalue weighted by Gasteiger charge is 2.15. The van der Waals surface area contributed by atoms with Crippen molar-refractivity contribution in [2.45, 2.75) is 24.2 Å². The summed E-state index contributed by atoms with van der Waals surface area (Å²) < 4.78 is 27.7. The monoisotopic (exact) mass is 258 g/mol. The van der Waals surface area contributed by atoms with Crippen LogP contribution in [0.2, 0.25) is 0 Å². The predicted octanol–water partition coefficient (Wildman–Crippen LogP) is 0.624. The third-order valence-corrected chi connectivity index (χ3v) is 3.39. The lowest BCUT2D eigenvalue weighted by atomic mass is 10.1. The van der Waals surface area contributed by atoms with E-state index >= 15 is 0 Å². The highest BCUT2D eigenvalue weighted by Crippen LogP contribution is 2.24. The molecule has 1 aromatic rings. The maximum Gasteiger partial charge on any atom is 0.241 e. The highest BCUT2D eigenvalue weighted by atomic mass is 32.2. The first kappa shape index (κ1) is 14.0. The standard InChI is InChI=1S/C11H18N2O3S/c1-16-10-6-5-9(4-2-3-7-12)8-11(10)17(13,14)15/h5-6,8H,2-4,7,12H2,1H3,(H2,13,14,15). The first-order valence-electron chi connectivity index (χ1n) is 5.39. The maximum absolute atomic E-state index is 11.4. The fourth-order valence-electron chi connectivity index (χ4n) is 1.57. The van der Waals surface area contributed by atoms with E-state index in [0.29, 0.717) is 6.54 Å². The van der Waals surface area contributed by atoms with Crippen LogP contribution >= 0.6 is 0 Å². The van der Waals surface area contributed by atoms with Gasteiger partial charge >= 0.3 is 0 Å². The van der Waals surface area contributed by atoms with Gasteiger partial charge in [-0.25, -0.2) is 13.6 Å². The second-order valence-electron chi connectivity index (χ2n) is 3.78. The molecule has 0 heterocycles. The summed E-state index contributed by atoms with van der Waals surface area (Å²) in [4.78, 5) is 0.0326. The van der Waals surface area contributed by atoms with Gasteiger partial charge in [-0.05, 0) is 43.5 Å². The Morgan fingerprint density at radius 3 is 2.53 bits per heavy atom. The van der Waals surface area contributed by atoms with E-state index < -0.39 is 10.0 Å². The average molecular weight is 258 g/mol. The summed E-state index contributed by atoms with van der Waals surface area (Å²) in [6.07, 6.45) is 2.62. The summed E-state index contributed by atoms with van der Waals surface area (Å²) in [7, 11) is -2.33. The van der Waals surface area contributed by atoms with E-state index in [1.165, 1.54) is 7.11 Å². The molecule has 0 amide bonds. The Morgan fingerprint density at radius 2 is 2.00 bits per heavy atom. The minimum atomic E-state index is -3.75. The fourth-order valence-corrected chi connectivity index (χ4v) is 2.32. The Balaban J connectivity index is 2.97. The second-order valence-corrected chi connectivity index (χ2v) is 5.31. The molecule has 0 saturated carbocycles. The van der Waals surface area contributed by atoms with Gasteiger partial charge in [0, 0.05) is 0 Å². The van der Waals surface area contributed by atoms with Gasteiger partial charge < -0.3 is 10.5 Å². The molecule has 0 fully saturated rings. The molecule has 0 saturated heterocycles. The summed E-state index contributed by atoms with van der Waals surface area (Å²) in [5, 5.41) is 5.13. The first-order chi connectivity index (χ1) is 7.99. The van der Waals surface area contributed by atoms with Gasteiger partial charge in [-0.15, -0.1) is 0 Å². The molecule has 5 nitrogen and oxygen atoms in total. The topological polar surface area (TPSA) is 95.4 Å². The minimum Gasteiger partial charge on any atom is -0.495 e. The number of rotatable bonds is 6. The molecular weight excluding hydrogens is 240 g/mol. The van der Waals surface area contributed by atoms with E-state index in [4.69, 9.17) is 15.6 Å². The lowest BCUT2D eigenvalue weighted by Crippen LogP contribution is -2.14. The summed E-state index contributed by atoms with van der Waals surface area (Å²) in [6.45, 7) is 0.637. The van der Waals surface area contributed by atoms with Gasteiger partial charge in [-0.3, -0.25) is 0 Å². The number of primary sulfonamides is 1. The zero-order chi connectivity index (χ0) is 12.9. The molecule has 6 heteroatoms. The lowest BCUT2D eigenvalue weighted by molar-refractivity contribution is 0.402. The predicted molar refractivity (Wildman–Crippen MR) is 66.4 cm³/mol. The van der Waals surface area contributed by atoms with Gasteiger partial charge in [0.2, 0.25) is 10.0 Å². The number of aryl methyl sites for hydroxylation is 1. The fraction of sp³-hybridized carbons (Fsp3) is 0.455. The van der Waals surface area contributed by atoms with Crippen LogP contribution in [0.15, 0.2) is 23.1 Å². The molecule has 0 bridgehead atoms. The van der Waals surface area contributed by atoms with Crippen LogP contribution in [0.5, 0.6) is 5.75 Å². The normalized spacial score (nSPS) is 11.5. The lowest BCUT2D eigenvalue weighted by Gasteiger charge is -2.09. The van der Waals surface area contributed by atoms with Gasteiger partial charge in [0.1, 0.15) is 10.6 Å². The van der Waals surface area contributed by atoms with Crippen molar-refractivity contribution in [2.75, 3.05) is 13.7 Å². The van der Waals surface area contributed by atoms with Crippen LogP contribution in [0.25, 0.3) is 0 Å². The Kier molecular flexibility index (Phi) is 4.92. The van der Waals surface area contributed by atoms with E-state index in [0.717, 1.165) is 24.8 Å². The molecule has 0 aromatic heterocycles. The SMILES string of the molecule is COc1ccc(CCCCN)cc1S(N)(=O)=O. The van der Waals surface area contributed by atoms with Gasteiger partial charge in [0.05, 0.1) is 7.11 Å². The van der Waals surface area contributed by atoms with Crippen LogP contribution in [-0.4, -0.2) is 22.1 Å². The van der Waals surface area contributed by atoms with Crippen LogP contribution in [0, 0.1) is 0 Å². The van der Waals surface area contributed by atoms with Gasteiger partial charge in [-0.2, -0.15) is 0 Å². The molecule has 0 aliphatic rings. The molecule has 0 spiro atoms. The van der Waals surface area contributed by atoms with E-state index in [-0.39, 0.29) is 10.6 Å². The zero-order valence-electron chi connectivity index (χ0n) is 9.85. The van der Waals surface area contributed by atoms with Gasteiger partial charge in [-0.1, -0.05) is 6.07 Å². The maximum atomic E-state index is 11.4. The third-order valence-electron chi connectivity index (χ3n) is 2.45. The van der Waals surface area contributed by atoms with E-state index in [1.807, 2.05) is 6.07 Å². The largest absolute Gasteiger partial charge is 0.495 e. The number of benzene rings is 1. The molecule has 96 valence electrons. The second kappa shape index (κ2) is 6.00. The molecule has 17 heavy (non-hydrogen) atoms. The van der Waals surface area contributed by atoms with Crippen molar-refractivity contribution in [3.8, 4) is 5.75 Å². The van der Waals surface area contributed by atoms with Gasteiger partial charge in [0.25, 0.3) is 0 Å². The number of methoxy groups -OCH3 is 1. The Labute approximate surface area is 102 Å². The molecule has 4 N–H and O–H groups in total. The third kappa shape index (κ3) is 3.99. The molecule has 0 atom stereocenters. The molecule has 0 aliphatic heterocycles. The Bertz CT molecular complexity index is 472. The van der Waals surface area contributed by atoms with Crippen LogP contribution in [0.4, 0.5) is 0 Å². The highest BCUT2D eigenvalue weighted by molar-refractivity contribution is 7.89. The van der Waals surface area contributed by atoms with Crippen LogP contribution in [0.3, 0.4) is 0 Å². The van der Waals surface area contributed by atoms with Crippen molar-refractivity contribution in [3.05, 3.63) is 23.8 Å². The summed E-state index contributed by atoms with van der Waals surface area (Å²) in [5.74, 6) is 0.273. The Hall–Kier alpha value is -1.11. The molecule has 1 rings (SSSR count). The van der Waals surface area contributed by atoms with Crippen molar-refractivity contribution in [2.24, 2.45) is 10.9 Å². The number of hydrogen-bond donors (Lipinski definition) is 2. The van der Waals surface area contributed by atoms with Crippen molar-refractivity contribution < 1.29 is 13.2 Å². The molecule has 0 unspecified atom stereocenters. The van der Waals surface area contributed by atoms with Crippen molar-refractivity contribution in [1.82, 2.24) is 0 Å². The van der Waals surface area contributed by atoms with Crippen molar-refractivity contribution >= 4 is 10.0 Å². The number of hydrogen-bond acceptors (Lipinski definition) is 4. The average Bonchev–Trinajstić information content (AvgIpc) is 2.28. The molecule has 1 aromatic carbocycles. The number of ether oxygens (including phenoxy) is 1. The van der Waals surface area contributed by atoms with Crippen molar-refractivity contribution in [1.29, 1.82) is 0 Å². The number of unbranched alkanes of at least 4 members (excludes halogenated alkanes) is 1. The van der Waals surface area contributed by atoms with E-state index in [1.54, 1.807) is 12.1 Å². The zero-order valence-corrected chi connectivity index (χ0v) is 10.7. The quantitative estimate of drug-likeness (QED) is 0.731. The van der Waals surface area contributed by atoms with Crippen LogP contribution in [-0.2, 0) is 16.4 Å². The number of sulfonamides is 1. The smallest absolute Gasteiger partial charge is 0.241 e. The number of nitrogens with two attached hydrogens (primary N) is 2. The van der Waals surface area contributed by atoms with Crippen LogP contribution in [0.1, 0.15) is 18.4 Å². The Morgan fingerprint density at radius 1 is 1.29 bits per heavy atom. The van der Waals surface area contributed by atoms with E-state index in [2.05, 4.69) is 0 Å². The van der Waals surface area contributed by atoms with Crippen molar-refractivity contribution in [3.63, 3.8) is 0 Å². The summed E-state index contributed by atoms with van der Waals surface area (Å²) in [5.41, 5.74) is 6.32. The summed E-state index contributed by atoms with van der Waals surface area (Å²) >= 11 is 0. The molecule has 0 aliphatic carbocycles. The molecule has 0 radical (unpaired) electrons. The van der Waals surface area contributed by atoms with E-state index in [9.17, 15) is 8.42 Å². The van der Waals surface area contributed by atoms with Crippen LogP contribution < -0.4 is 15.6 Å². The summed E-state index contributed by atoms with van der Waals surface area (Å²) in [6, 6.07) is 5.02. The molecular formula is C11H18N2O3S. The first-order valence-corrected chi connectivity index (χ1v) is 6.93. The minimum absolute atomic E-state index is 0.0326. The van der Waals surface area contributed by atoms with Gasteiger partial charge in [0.15, 0.2) is 0 Å².